The summed E-state index contributed by atoms with van der Waals surface area (Å²) in [6.45, 7) is 2.33. The number of benzene rings is 1. The minimum atomic E-state index is -0.134. The van der Waals surface area contributed by atoms with Crippen LogP contribution in [0.2, 0.25) is 0 Å². The molecule has 1 N–H and O–H groups in total. The van der Waals surface area contributed by atoms with Crippen LogP contribution in [0, 0.1) is 6.92 Å². The predicted molar refractivity (Wildman–Crippen MR) is 71.1 cm³/mol. The fraction of sp³-hybridized carbons (Fsp3) is 0.250. The Kier molecular flexibility index (Phi) is 3.76. The zero-order chi connectivity index (χ0) is 13.1. The Balaban J connectivity index is 2.06. The van der Waals surface area contributed by atoms with Gasteiger partial charge in [0.1, 0.15) is 6.33 Å². The van der Waals surface area contributed by atoms with E-state index in [4.69, 9.17) is 0 Å². The number of hydrogen-bond acceptors (Lipinski definition) is 3. The molecule has 94 valence electrons. The van der Waals surface area contributed by atoms with Gasteiger partial charge in [0.25, 0.3) is 5.91 Å². The average Bonchev–Trinajstić information content (AvgIpc) is 2.72. The molecule has 0 saturated heterocycles. The van der Waals surface area contributed by atoms with Gasteiger partial charge in [0.15, 0.2) is 5.82 Å². The van der Waals surface area contributed by atoms with Crippen molar-refractivity contribution >= 4 is 21.8 Å². The molecule has 18 heavy (non-hydrogen) atoms. The Morgan fingerprint density at radius 1 is 1.50 bits per heavy atom. The Labute approximate surface area is 113 Å². The average molecular weight is 309 g/mol. The van der Waals surface area contributed by atoms with Crippen LogP contribution in [0.3, 0.4) is 0 Å². The second-order valence-corrected chi connectivity index (χ2v) is 4.88. The maximum absolute atomic E-state index is 12.0. The van der Waals surface area contributed by atoms with Crippen molar-refractivity contribution < 1.29 is 4.79 Å². The molecule has 0 aliphatic rings. The number of carbonyl (C=O) groups is 1. The molecule has 0 aliphatic carbocycles. The maximum Gasteiger partial charge on any atom is 0.252 e. The SMILES string of the molecule is Cc1ccc(C(=O)NCc2nncn2C)c(Br)c1. The number of amides is 1. The molecule has 1 aromatic carbocycles. The number of aryl methyl sites for hydroxylation is 2. The molecule has 0 saturated carbocycles. The number of nitrogens with one attached hydrogen (secondary N) is 1. The number of carbonyl (C=O) groups excluding carboxylic acids is 1. The van der Waals surface area contributed by atoms with Crippen LogP contribution >= 0.6 is 15.9 Å². The van der Waals surface area contributed by atoms with Crippen LogP contribution in [0.25, 0.3) is 0 Å². The molecule has 0 fully saturated rings. The summed E-state index contributed by atoms with van der Waals surface area (Å²) in [4.78, 5) is 12.0. The van der Waals surface area contributed by atoms with Crippen molar-refractivity contribution in [1.29, 1.82) is 0 Å². The first-order valence-electron chi connectivity index (χ1n) is 5.45. The molecular formula is C12H13BrN4O. The Morgan fingerprint density at radius 3 is 2.89 bits per heavy atom. The molecule has 0 aliphatic heterocycles. The molecule has 0 atom stereocenters. The van der Waals surface area contributed by atoms with Gasteiger partial charge in [0.2, 0.25) is 0 Å². The smallest absolute Gasteiger partial charge is 0.252 e. The zero-order valence-electron chi connectivity index (χ0n) is 10.1. The monoisotopic (exact) mass is 308 g/mol. The predicted octanol–water partition coefficient (Wildman–Crippen LogP) is 1.82. The number of aromatic nitrogens is 3. The van der Waals surface area contributed by atoms with Crippen molar-refractivity contribution in [2.45, 2.75) is 13.5 Å². The molecule has 1 aromatic heterocycles. The molecular weight excluding hydrogens is 296 g/mol. The van der Waals surface area contributed by atoms with Crippen LogP contribution in [-0.4, -0.2) is 20.7 Å². The summed E-state index contributed by atoms with van der Waals surface area (Å²) >= 11 is 3.39. The first-order valence-corrected chi connectivity index (χ1v) is 6.24. The van der Waals surface area contributed by atoms with Gasteiger partial charge in [-0.05, 0) is 40.5 Å². The standard InChI is InChI=1S/C12H13BrN4O/c1-8-3-4-9(10(13)5-8)12(18)14-6-11-16-15-7-17(11)2/h3-5,7H,6H2,1-2H3,(H,14,18). The highest BCUT2D eigenvalue weighted by molar-refractivity contribution is 9.10. The van der Waals surface area contributed by atoms with Crippen LogP contribution in [0.5, 0.6) is 0 Å². The number of rotatable bonds is 3. The fourth-order valence-corrected chi connectivity index (χ4v) is 2.20. The van der Waals surface area contributed by atoms with Gasteiger partial charge in [-0.1, -0.05) is 6.07 Å². The van der Waals surface area contributed by atoms with Gasteiger partial charge < -0.3 is 9.88 Å². The van der Waals surface area contributed by atoms with E-state index < -0.39 is 0 Å². The maximum atomic E-state index is 12.0. The lowest BCUT2D eigenvalue weighted by Gasteiger charge is -2.07. The van der Waals surface area contributed by atoms with E-state index in [9.17, 15) is 4.79 Å². The second-order valence-electron chi connectivity index (χ2n) is 4.02. The van der Waals surface area contributed by atoms with Crippen LogP contribution in [0.15, 0.2) is 29.0 Å². The van der Waals surface area contributed by atoms with Crippen LogP contribution in [0.1, 0.15) is 21.7 Å². The van der Waals surface area contributed by atoms with Crippen molar-refractivity contribution in [2.24, 2.45) is 7.05 Å². The molecule has 6 heteroatoms. The van der Waals surface area contributed by atoms with Gasteiger partial charge >= 0.3 is 0 Å². The second kappa shape index (κ2) is 5.30. The van der Waals surface area contributed by atoms with E-state index in [1.54, 1.807) is 17.0 Å². The van der Waals surface area contributed by atoms with Gasteiger partial charge in [0.05, 0.1) is 12.1 Å². The highest BCUT2D eigenvalue weighted by Crippen LogP contribution is 2.18. The van der Waals surface area contributed by atoms with E-state index in [0.29, 0.717) is 17.9 Å². The molecule has 1 heterocycles. The molecule has 0 unspecified atom stereocenters. The Morgan fingerprint density at radius 2 is 2.28 bits per heavy atom. The van der Waals surface area contributed by atoms with E-state index >= 15 is 0 Å². The summed E-state index contributed by atoms with van der Waals surface area (Å²) in [5.41, 5.74) is 1.72. The molecule has 5 nitrogen and oxygen atoms in total. The van der Waals surface area contributed by atoms with E-state index in [-0.39, 0.29) is 5.91 Å². The molecule has 0 bridgehead atoms. The van der Waals surface area contributed by atoms with Gasteiger partial charge in [-0.3, -0.25) is 4.79 Å². The summed E-state index contributed by atoms with van der Waals surface area (Å²) < 4.78 is 2.56. The van der Waals surface area contributed by atoms with Gasteiger partial charge in [0, 0.05) is 11.5 Å². The van der Waals surface area contributed by atoms with Crippen molar-refractivity contribution in [2.75, 3.05) is 0 Å². The number of halogens is 1. The summed E-state index contributed by atoms with van der Waals surface area (Å²) in [5, 5.41) is 10.5. The quantitative estimate of drug-likeness (QED) is 0.941. The summed E-state index contributed by atoms with van der Waals surface area (Å²) in [6.07, 6.45) is 1.60. The third-order valence-electron chi connectivity index (χ3n) is 2.58. The number of hydrogen-bond donors (Lipinski definition) is 1. The minimum absolute atomic E-state index is 0.134. The largest absolute Gasteiger partial charge is 0.345 e. The highest BCUT2D eigenvalue weighted by Gasteiger charge is 2.10. The van der Waals surface area contributed by atoms with Gasteiger partial charge in [-0.15, -0.1) is 10.2 Å². The van der Waals surface area contributed by atoms with E-state index in [1.807, 2.05) is 26.1 Å². The number of nitrogens with zero attached hydrogens (tertiary/aromatic N) is 3. The van der Waals surface area contributed by atoms with Crippen LogP contribution in [-0.2, 0) is 13.6 Å². The normalized spacial score (nSPS) is 10.4. The third-order valence-corrected chi connectivity index (χ3v) is 3.24. The molecule has 2 aromatic rings. The van der Waals surface area contributed by atoms with E-state index in [1.165, 1.54) is 0 Å². The first-order chi connectivity index (χ1) is 8.58. The Bertz CT molecular complexity index is 579. The fourth-order valence-electron chi connectivity index (χ4n) is 1.53. The third kappa shape index (κ3) is 2.76. The van der Waals surface area contributed by atoms with Crippen molar-refractivity contribution in [1.82, 2.24) is 20.1 Å². The van der Waals surface area contributed by atoms with Crippen molar-refractivity contribution in [3.63, 3.8) is 0 Å². The Hall–Kier alpha value is -1.69. The zero-order valence-corrected chi connectivity index (χ0v) is 11.7. The van der Waals surface area contributed by atoms with Crippen molar-refractivity contribution in [3.8, 4) is 0 Å². The first kappa shape index (κ1) is 12.8. The van der Waals surface area contributed by atoms with Crippen LogP contribution in [0.4, 0.5) is 0 Å². The molecule has 0 spiro atoms. The summed E-state index contributed by atoms with van der Waals surface area (Å²) in [7, 11) is 1.84. The van der Waals surface area contributed by atoms with Gasteiger partial charge in [-0.2, -0.15) is 0 Å². The minimum Gasteiger partial charge on any atom is -0.345 e. The summed E-state index contributed by atoms with van der Waals surface area (Å²) in [5.74, 6) is 0.580. The van der Waals surface area contributed by atoms with E-state index in [0.717, 1.165) is 10.0 Å². The lowest BCUT2D eigenvalue weighted by molar-refractivity contribution is 0.0949. The summed E-state index contributed by atoms with van der Waals surface area (Å²) in [6, 6.07) is 5.62. The van der Waals surface area contributed by atoms with Crippen LogP contribution < -0.4 is 5.32 Å². The van der Waals surface area contributed by atoms with Gasteiger partial charge in [-0.25, -0.2) is 0 Å². The van der Waals surface area contributed by atoms with Crippen molar-refractivity contribution in [3.05, 3.63) is 46.0 Å². The lowest BCUT2D eigenvalue weighted by atomic mass is 10.1. The highest BCUT2D eigenvalue weighted by atomic mass is 79.9. The lowest BCUT2D eigenvalue weighted by Crippen LogP contribution is -2.24. The molecule has 0 radical (unpaired) electrons. The molecule has 1 amide bonds. The topological polar surface area (TPSA) is 59.8 Å². The molecule has 2 rings (SSSR count). The van der Waals surface area contributed by atoms with E-state index in [2.05, 4.69) is 31.4 Å².